The van der Waals surface area contributed by atoms with Crippen LogP contribution in [0.5, 0.6) is 11.5 Å². The van der Waals surface area contributed by atoms with Crippen molar-refractivity contribution in [2.45, 2.75) is 6.61 Å². The SMILES string of the molecule is COc1ccc(NC(=O)/C(C#N)=C/c2ccccc2OCc2ccccn2)cc1. The van der Waals surface area contributed by atoms with E-state index >= 15 is 0 Å². The van der Waals surface area contributed by atoms with Crippen molar-refractivity contribution < 1.29 is 14.3 Å². The van der Waals surface area contributed by atoms with Crippen molar-refractivity contribution in [3.05, 3.63) is 89.8 Å². The zero-order chi connectivity index (χ0) is 20.5. The third-order valence-electron chi connectivity index (χ3n) is 4.03. The smallest absolute Gasteiger partial charge is 0.266 e. The molecule has 0 saturated carbocycles. The summed E-state index contributed by atoms with van der Waals surface area (Å²) in [4.78, 5) is 16.7. The number of carbonyl (C=O) groups excluding carboxylic acids is 1. The number of ether oxygens (including phenoxy) is 2. The van der Waals surface area contributed by atoms with Crippen LogP contribution < -0.4 is 14.8 Å². The molecule has 0 bridgehead atoms. The molecular formula is C23H19N3O3. The van der Waals surface area contributed by atoms with Crippen LogP contribution in [0.25, 0.3) is 6.08 Å². The van der Waals surface area contributed by atoms with E-state index in [1.807, 2.05) is 36.4 Å². The number of benzene rings is 2. The number of para-hydroxylation sites is 1. The molecule has 1 N–H and O–H groups in total. The molecule has 0 spiro atoms. The third kappa shape index (κ3) is 5.44. The average Bonchev–Trinajstić information content (AvgIpc) is 2.77. The topological polar surface area (TPSA) is 84.2 Å². The van der Waals surface area contributed by atoms with Gasteiger partial charge in [0.25, 0.3) is 5.91 Å². The Morgan fingerprint density at radius 2 is 1.86 bits per heavy atom. The van der Waals surface area contributed by atoms with E-state index in [0.29, 0.717) is 22.7 Å². The lowest BCUT2D eigenvalue weighted by atomic mass is 10.1. The Bertz CT molecular complexity index is 1040. The molecule has 0 aliphatic heterocycles. The van der Waals surface area contributed by atoms with E-state index in [9.17, 15) is 10.1 Å². The van der Waals surface area contributed by atoms with Crippen molar-refractivity contribution in [3.63, 3.8) is 0 Å². The maximum Gasteiger partial charge on any atom is 0.266 e. The summed E-state index contributed by atoms with van der Waals surface area (Å²) in [5.74, 6) is 0.735. The second-order valence-electron chi connectivity index (χ2n) is 6.00. The van der Waals surface area contributed by atoms with Crippen LogP contribution in [-0.2, 0) is 11.4 Å². The number of hydrogen-bond donors (Lipinski definition) is 1. The van der Waals surface area contributed by atoms with Crippen molar-refractivity contribution in [2.75, 3.05) is 12.4 Å². The summed E-state index contributed by atoms with van der Waals surface area (Å²) in [6, 6.07) is 21.6. The third-order valence-corrected chi connectivity index (χ3v) is 4.03. The second-order valence-corrected chi connectivity index (χ2v) is 6.00. The van der Waals surface area contributed by atoms with Gasteiger partial charge in [0.2, 0.25) is 0 Å². The van der Waals surface area contributed by atoms with E-state index in [2.05, 4.69) is 10.3 Å². The van der Waals surface area contributed by atoms with Crippen LogP contribution in [0.15, 0.2) is 78.5 Å². The summed E-state index contributed by atoms with van der Waals surface area (Å²) in [6.45, 7) is 0.283. The molecule has 6 heteroatoms. The quantitative estimate of drug-likeness (QED) is 0.486. The minimum absolute atomic E-state index is 0.0327. The number of amides is 1. The van der Waals surface area contributed by atoms with Gasteiger partial charge in [0.15, 0.2) is 0 Å². The highest BCUT2D eigenvalue weighted by Crippen LogP contribution is 2.23. The van der Waals surface area contributed by atoms with Gasteiger partial charge in [-0.25, -0.2) is 0 Å². The number of nitrogens with zero attached hydrogens (tertiary/aromatic N) is 2. The number of hydrogen-bond acceptors (Lipinski definition) is 5. The molecule has 3 rings (SSSR count). The fourth-order valence-electron chi connectivity index (χ4n) is 2.54. The maximum absolute atomic E-state index is 12.5. The van der Waals surface area contributed by atoms with Gasteiger partial charge in [0.1, 0.15) is 29.7 Å². The molecule has 0 saturated heterocycles. The number of aromatic nitrogens is 1. The first kappa shape index (κ1) is 19.6. The van der Waals surface area contributed by atoms with Gasteiger partial charge < -0.3 is 14.8 Å². The van der Waals surface area contributed by atoms with E-state index in [0.717, 1.165) is 5.69 Å². The van der Waals surface area contributed by atoms with Gasteiger partial charge in [-0.05, 0) is 48.5 Å². The minimum atomic E-state index is -0.503. The van der Waals surface area contributed by atoms with E-state index in [4.69, 9.17) is 9.47 Å². The maximum atomic E-state index is 12.5. The number of pyridine rings is 1. The molecule has 0 aliphatic carbocycles. The number of anilines is 1. The molecule has 6 nitrogen and oxygen atoms in total. The first-order valence-corrected chi connectivity index (χ1v) is 8.88. The van der Waals surface area contributed by atoms with Crippen LogP contribution in [0.1, 0.15) is 11.3 Å². The van der Waals surface area contributed by atoms with Gasteiger partial charge in [-0.2, -0.15) is 5.26 Å². The lowest BCUT2D eigenvalue weighted by Gasteiger charge is -2.10. The second kappa shape index (κ2) is 9.72. The number of carbonyl (C=O) groups is 1. The summed E-state index contributed by atoms with van der Waals surface area (Å²) in [5.41, 5.74) is 1.94. The van der Waals surface area contributed by atoms with Gasteiger partial charge in [0.05, 0.1) is 12.8 Å². The van der Waals surface area contributed by atoms with Gasteiger partial charge in [-0.3, -0.25) is 9.78 Å². The molecule has 1 amide bonds. The Labute approximate surface area is 169 Å². The van der Waals surface area contributed by atoms with Gasteiger partial charge >= 0.3 is 0 Å². The van der Waals surface area contributed by atoms with Crippen LogP contribution in [0, 0.1) is 11.3 Å². The number of methoxy groups -OCH3 is 1. The highest BCUT2D eigenvalue weighted by molar-refractivity contribution is 6.09. The molecule has 1 aromatic heterocycles. The zero-order valence-corrected chi connectivity index (χ0v) is 15.8. The molecule has 29 heavy (non-hydrogen) atoms. The zero-order valence-electron chi connectivity index (χ0n) is 15.8. The first-order valence-electron chi connectivity index (χ1n) is 8.88. The minimum Gasteiger partial charge on any atom is -0.497 e. The lowest BCUT2D eigenvalue weighted by molar-refractivity contribution is -0.112. The van der Waals surface area contributed by atoms with Gasteiger partial charge in [-0.1, -0.05) is 24.3 Å². The molecule has 2 aromatic carbocycles. The van der Waals surface area contributed by atoms with E-state index in [-0.39, 0.29) is 12.2 Å². The van der Waals surface area contributed by atoms with E-state index in [1.165, 1.54) is 6.08 Å². The van der Waals surface area contributed by atoms with Crippen LogP contribution in [0.4, 0.5) is 5.69 Å². The molecule has 3 aromatic rings. The summed E-state index contributed by atoms with van der Waals surface area (Å²) in [6.07, 6.45) is 3.20. The van der Waals surface area contributed by atoms with E-state index < -0.39 is 5.91 Å². The van der Waals surface area contributed by atoms with Crippen molar-refractivity contribution >= 4 is 17.7 Å². The standard InChI is InChI=1S/C23H19N3O3/c1-28-21-11-9-19(10-12-21)26-23(27)18(15-24)14-17-6-2-3-8-22(17)29-16-20-7-4-5-13-25-20/h2-14H,16H2,1H3,(H,26,27)/b18-14+. The summed E-state index contributed by atoms with van der Waals surface area (Å²) in [5, 5.41) is 12.2. The van der Waals surface area contributed by atoms with Crippen molar-refractivity contribution in [2.24, 2.45) is 0 Å². The molecule has 0 unspecified atom stereocenters. The van der Waals surface area contributed by atoms with Crippen LogP contribution in [0.2, 0.25) is 0 Å². The average molecular weight is 385 g/mol. The summed E-state index contributed by atoms with van der Waals surface area (Å²) in [7, 11) is 1.57. The molecular weight excluding hydrogens is 366 g/mol. The van der Waals surface area contributed by atoms with Crippen molar-refractivity contribution in [3.8, 4) is 17.6 Å². The molecule has 0 fully saturated rings. The normalized spacial score (nSPS) is 10.7. The van der Waals surface area contributed by atoms with Crippen LogP contribution in [0.3, 0.4) is 0 Å². The molecule has 1 heterocycles. The Hall–Kier alpha value is -4.11. The Kier molecular flexibility index (Phi) is 6.58. The lowest BCUT2D eigenvalue weighted by Crippen LogP contribution is -2.13. The Morgan fingerprint density at radius 3 is 2.55 bits per heavy atom. The highest BCUT2D eigenvalue weighted by Gasteiger charge is 2.11. The van der Waals surface area contributed by atoms with E-state index in [1.54, 1.807) is 49.7 Å². The van der Waals surface area contributed by atoms with Crippen LogP contribution >= 0.6 is 0 Å². The highest BCUT2D eigenvalue weighted by atomic mass is 16.5. The first-order chi connectivity index (χ1) is 14.2. The summed E-state index contributed by atoms with van der Waals surface area (Å²) < 4.78 is 10.9. The molecule has 0 aliphatic rings. The summed E-state index contributed by atoms with van der Waals surface area (Å²) >= 11 is 0. The van der Waals surface area contributed by atoms with Gasteiger partial charge in [0, 0.05) is 17.4 Å². The fourth-order valence-corrected chi connectivity index (χ4v) is 2.54. The molecule has 144 valence electrons. The van der Waals surface area contributed by atoms with Crippen molar-refractivity contribution in [1.29, 1.82) is 5.26 Å². The Balaban J connectivity index is 1.75. The molecule has 0 radical (unpaired) electrons. The predicted octanol–water partition coefficient (Wildman–Crippen LogP) is 4.21. The largest absolute Gasteiger partial charge is 0.497 e. The Morgan fingerprint density at radius 1 is 1.10 bits per heavy atom. The number of nitrogens with one attached hydrogen (secondary N) is 1. The monoisotopic (exact) mass is 385 g/mol. The van der Waals surface area contributed by atoms with Crippen molar-refractivity contribution in [1.82, 2.24) is 4.98 Å². The van der Waals surface area contributed by atoms with Crippen LogP contribution in [-0.4, -0.2) is 18.0 Å². The van der Waals surface area contributed by atoms with Gasteiger partial charge in [-0.15, -0.1) is 0 Å². The fraction of sp³-hybridized carbons (Fsp3) is 0.0870. The number of nitriles is 1. The number of rotatable bonds is 7. The predicted molar refractivity (Wildman–Crippen MR) is 110 cm³/mol. The molecule has 0 atom stereocenters.